The molecule has 0 aliphatic heterocycles. The molecule has 0 fully saturated rings. The van der Waals surface area contributed by atoms with E-state index in [1.54, 1.807) is 32.0 Å². The van der Waals surface area contributed by atoms with Gasteiger partial charge in [-0.25, -0.2) is 0 Å². The van der Waals surface area contributed by atoms with E-state index in [1.165, 1.54) is 12.1 Å². The van der Waals surface area contributed by atoms with Gasteiger partial charge in [0.1, 0.15) is 0 Å². The molecule has 23 heavy (non-hydrogen) atoms. The summed E-state index contributed by atoms with van der Waals surface area (Å²) < 4.78 is 41.0. The Morgan fingerprint density at radius 1 is 0.913 bits per heavy atom. The second-order valence-corrected chi connectivity index (χ2v) is 5.62. The smallest absolute Gasteiger partial charge is 0.372 e. The predicted molar refractivity (Wildman–Crippen MR) is 86.5 cm³/mol. The van der Waals surface area contributed by atoms with Crippen LogP contribution < -0.4 is 0 Å². The Morgan fingerprint density at radius 2 is 1.48 bits per heavy atom. The Hall–Kier alpha value is -1.81. The molecule has 1 nitrogen and oxygen atoms in total. The van der Waals surface area contributed by atoms with Crippen molar-refractivity contribution in [2.24, 2.45) is 0 Å². The van der Waals surface area contributed by atoms with Crippen molar-refractivity contribution in [2.45, 2.75) is 46.4 Å². The molecule has 1 aliphatic rings. The zero-order chi connectivity index (χ0) is 17.6. The number of benzene rings is 2. The van der Waals surface area contributed by atoms with Crippen LogP contribution in [0.15, 0.2) is 30.3 Å². The summed E-state index contributed by atoms with van der Waals surface area (Å²) in [6.45, 7) is 9.30. The molecule has 0 saturated carbocycles. The van der Waals surface area contributed by atoms with Crippen molar-refractivity contribution in [3.05, 3.63) is 58.1 Å². The number of hydrogen-bond acceptors (Lipinski definition) is 1. The van der Waals surface area contributed by atoms with Crippen LogP contribution in [0, 0.1) is 20.8 Å². The molecule has 0 heterocycles. The number of alkyl halides is 3. The maximum absolute atomic E-state index is 13.7. The highest BCUT2D eigenvalue weighted by molar-refractivity contribution is 5.83. The third kappa shape index (κ3) is 2.27. The minimum absolute atomic E-state index is 0.0284. The van der Waals surface area contributed by atoms with Crippen molar-refractivity contribution in [1.82, 2.24) is 0 Å². The summed E-state index contributed by atoms with van der Waals surface area (Å²) in [5.74, 6) is 0. The molecule has 1 atom stereocenters. The second kappa shape index (κ2) is 5.68. The van der Waals surface area contributed by atoms with Gasteiger partial charge in [-0.05, 0) is 48.6 Å². The molecule has 0 amide bonds. The zero-order valence-corrected chi connectivity index (χ0v) is 14.0. The third-order valence-electron chi connectivity index (χ3n) is 4.54. The summed E-state index contributed by atoms with van der Waals surface area (Å²) in [5, 5.41) is 10.6. The van der Waals surface area contributed by atoms with Gasteiger partial charge in [0.15, 0.2) is 0 Å². The van der Waals surface area contributed by atoms with E-state index < -0.39 is 11.8 Å². The highest BCUT2D eigenvalue weighted by Gasteiger charge is 2.61. The van der Waals surface area contributed by atoms with Crippen LogP contribution in [0.5, 0.6) is 0 Å². The molecule has 0 saturated heterocycles. The Balaban J connectivity index is 0.000000924. The highest BCUT2D eigenvalue weighted by atomic mass is 19.4. The number of aryl methyl sites for hydroxylation is 1. The molecule has 2 aromatic carbocycles. The van der Waals surface area contributed by atoms with E-state index in [9.17, 15) is 18.3 Å². The lowest BCUT2D eigenvalue weighted by Gasteiger charge is -2.30. The second-order valence-electron chi connectivity index (χ2n) is 5.62. The van der Waals surface area contributed by atoms with E-state index in [0.29, 0.717) is 16.7 Å². The van der Waals surface area contributed by atoms with Crippen molar-refractivity contribution in [1.29, 1.82) is 0 Å². The summed E-state index contributed by atoms with van der Waals surface area (Å²) in [7, 11) is 0. The lowest BCUT2D eigenvalue weighted by atomic mass is 9.85. The molecule has 1 unspecified atom stereocenters. The molecule has 1 aliphatic carbocycles. The molecule has 124 valence electrons. The number of fused-ring (bicyclic) bond motifs is 3. The van der Waals surface area contributed by atoms with Gasteiger partial charge in [-0.1, -0.05) is 44.2 Å². The number of rotatable bonds is 0. The number of hydrogen-bond donors (Lipinski definition) is 1. The van der Waals surface area contributed by atoms with Crippen molar-refractivity contribution >= 4 is 0 Å². The molecule has 0 radical (unpaired) electrons. The van der Waals surface area contributed by atoms with E-state index in [0.717, 1.165) is 11.1 Å². The van der Waals surface area contributed by atoms with Gasteiger partial charge in [0, 0.05) is 11.1 Å². The molecular weight excluding hydrogens is 301 g/mol. The first-order chi connectivity index (χ1) is 10.7. The summed E-state index contributed by atoms with van der Waals surface area (Å²) in [6, 6.07) is 7.94. The summed E-state index contributed by atoms with van der Waals surface area (Å²) in [6.07, 6.45) is -4.76. The average molecular weight is 322 g/mol. The van der Waals surface area contributed by atoms with Gasteiger partial charge in [0.2, 0.25) is 5.60 Å². The van der Waals surface area contributed by atoms with E-state index in [1.807, 2.05) is 20.8 Å². The first-order valence-corrected chi connectivity index (χ1v) is 7.70. The molecule has 0 bridgehead atoms. The molecule has 0 spiro atoms. The molecular formula is C19H21F3O. The van der Waals surface area contributed by atoms with E-state index in [4.69, 9.17) is 0 Å². The lowest BCUT2D eigenvalue weighted by Crippen LogP contribution is -2.42. The Bertz CT molecular complexity index is 747. The van der Waals surface area contributed by atoms with Crippen LogP contribution in [0.3, 0.4) is 0 Å². The Kier molecular flexibility index (Phi) is 4.33. The van der Waals surface area contributed by atoms with Gasteiger partial charge in [-0.3, -0.25) is 0 Å². The Morgan fingerprint density at radius 3 is 2.04 bits per heavy atom. The van der Waals surface area contributed by atoms with Crippen molar-refractivity contribution in [3.8, 4) is 11.1 Å². The highest BCUT2D eigenvalue weighted by Crippen LogP contribution is 2.56. The minimum atomic E-state index is -4.76. The van der Waals surface area contributed by atoms with Crippen LogP contribution in [0.25, 0.3) is 11.1 Å². The predicted octanol–water partition coefficient (Wildman–Crippen LogP) is 5.42. The first kappa shape index (κ1) is 17.5. The van der Waals surface area contributed by atoms with Crippen molar-refractivity contribution < 1.29 is 18.3 Å². The first-order valence-electron chi connectivity index (χ1n) is 7.70. The van der Waals surface area contributed by atoms with Gasteiger partial charge in [0.05, 0.1) is 0 Å². The van der Waals surface area contributed by atoms with Crippen LogP contribution in [0.2, 0.25) is 0 Å². The van der Waals surface area contributed by atoms with Crippen LogP contribution in [0.1, 0.15) is 41.7 Å². The molecule has 4 heteroatoms. The van der Waals surface area contributed by atoms with Gasteiger partial charge in [-0.2, -0.15) is 13.2 Å². The summed E-state index contributed by atoms with van der Waals surface area (Å²) >= 11 is 0. The fraction of sp³-hybridized carbons (Fsp3) is 0.368. The van der Waals surface area contributed by atoms with Crippen molar-refractivity contribution in [2.75, 3.05) is 0 Å². The largest absolute Gasteiger partial charge is 0.425 e. The summed E-state index contributed by atoms with van der Waals surface area (Å²) in [4.78, 5) is 0. The maximum Gasteiger partial charge on any atom is 0.425 e. The van der Waals surface area contributed by atoms with Gasteiger partial charge >= 0.3 is 6.18 Å². The van der Waals surface area contributed by atoms with Gasteiger partial charge < -0.3 is 5.11 Å². The fourth-order valence-electron chi connectivity index (χ4n) is 3.22. The quantitative estimate of drug-likeness (QED) is 0.687. The van der Waals surface area contributed by atoms with Gasteiger partial charge in [-0.15, -0.1) is 0 Å². The standard InChI is InChI=1S/C17H15F3O.C2H6/c1-9-8-13-12-6-4-5-7-14(12)16(21,17(18,19)20)15(13)11(3)10(9)2;1-2/h4-8,21H,1-3H3;1-2H3. The number of halogens is 3. The molecule has 2 aromatic rings. The van der Waals surface area contributed by atoms with Crippen LogP contribution in [-0.4, -0.2) is 11.3 Å². The SMILES string of the molecule is CC.Cc1cc2c(c(C)c1C)C(O)(C(F)(F)F)c1ccccc1-2. The monoisotopic (exact) mass is 322 g/mol. The number of aliphatic hydroxyl groups is 1. The van der Waals surface area contributed by atoms with Crippen molar-refractivity contribution in [3.63, 3.8) is 0 Å². The lowest BCUT2D eigenvalue weighted by molar-refractivity contribution is -0.246. The normalized spacial score (nSPS) is 18.8. The zero-order valence-electron chi connectivity index (χ0n) is 14.0. The van der Waals surface area contributed by atoms with E-state index in [2.05, 4.69) is 0 Å². The molecule has 1 N–H and O–H groups in total. The Labute approximate surface area is 134 Å². The van der Waals surface area contributed by atoms with Crippen LogP contribution >= 0.6 is 0 Å². The topological polar surface area (TPSA) is 20.2 Å². The molecule has 3 rings (SSSR count). The molecule has 0 aromatic heterocycles. The average Bonchev–Trinajstić information content (AvgIpc) is 2.78. The summed E-state index contributed by atoms with van der Waals surface area (Å²) in [5.41, 5.74) is 0.101. The van der Waals surface area contributed by atoms with Crippen LogP contribution in [-0.2, 0) is 5.60 Å². The third-order valence-corrected chi connectivity index (χ3v) is 4.54. The van der Waals surface area contributed by atoms with E-state index >= 15 is 0 Å². The van der Waals surface area contributed by atoms with E-state index in [-0.39, 0.29) is 11.1 Å². The van der Waals surface area contributed by atoms with Crippen LogP contribution in [0.4, 0.5) is 13.2 Å². The fourth-order valence-corrected chi connectivity index (χ4v) is 3.22. The van der Waals surface area contributed by atoms with Gasteiger partial charge in [0.25, 0.3) is 0 Å². The maximum atomic E-state index is 13.7. The minimum Gasteiger partial charge on any atom is -0.372 e.